The maximum Gasteiger partial charge on any atom is 0.309 e. The van der Waals surface area contributed by atoms with Gasteiger partial charge in [0.05, 0.1) is 12.0 Å². The molecule has 4 saturated carbocycles. The first-order chi connectivity index (χ1) is 17.3. The molecular weight excluding hydrogens is 462 g/mol. The number of carbonyl (C=O) groups is 3. The van der Waals surface area contributed by atoms with E-state index in [0.717, 1.165) is 37.5 Å². The van der Waals surface area contributed by atoms with E-state index < -0.39 is 12.0 Å². The minimum absolute atomic E-state index is 0.0385. The van der Waals surface area contributed by atoms with E-state index in [1.54, 1.807) is 0 Å². The molecule has 0 heterocycles. The van der Waals surface area contributed by atoms with E-state index in [-0.39, 0.29) is 47.4 Å². The number of fused-ring (bicyclic) bond motifs is 5. The summed E-state index contributed by atoms with van der Waals surface area (Å²) < 4.78 is 6.14. The van der Waals surface area contributed by atoms with Crippen LogP contribution in [0.5, 0.6) is 0 Å². The van der Waals surface area contributed by atoms with Crippen molar-refractivity contribution in [3.63, 3.8) is 0 Å². The highest BCUT2D eigenvalue weighted by Crippen LogP contribution is 2.67. The van der Waals surface area contributed by atoms with Crippen LogP contribution >= 0.6 is 0 Å². The first-order valence-electron chi connectivity index (χ1n) is 15.3. The van der Waals surface area contributed by atoms with Gasteiger partial charge in [0.15, 0.2) is 5.78 Å². The molecule has 0 aromatic rings. The molecule has 4 fully saturated rings. The number of hydrogen-bond acceptors (Lipinski definition) is 5. The number of Topliss-reactive ketones (excluding diaryl/α,β-unsaturated/α-hetero) is 2. The molecule has 0 unspecified atom stereocenters. The van der Waals surface area contributed by atoms with Crippen LogP contribution in [0.25, 0.3) is 0 Å². The van der Waals surface area contributed by atoms with Gasteiger partial charge in [-0.05, 0) is 111 Å². The van der Waals surface area contributed by atoms with Crippen LogP contribution in [0.1, 0.15) is 113 Å². The molecule has 4 aliphatic rings. The van der Waals surface area contributed by atoms with Gasteiger partial charge < -0.3 is 10.5 Å². The highest BCUT2D eigenvalue weighted by atomic mass is 16.5. The Morgan fingerprint density at radius 3 is 2.14 bits per heavy atom. The van der Waals surface area contributed by atoms with Crippen molar-refractivity contribution in [3.05, 3.63) is 0 Å². The average molecular weight is 516 g/mol. The Morgan fingerprint density at radius 1 is 0.865 bits per heavy atom. The number of rotatable bonds is 8. The molecule has 4 rings (SSSR count). The van der Waals surface area contributed by atoms with Crippen molar-refractivity contribution < 1.29 is 19.1 Å². The molecule has 2 N–H and O–H groups in total. The largest absolute Gasteiger partial charge is 0.462 e. The maximum absolute atomic E-state index is 13.3. The van der Waals surface area contributed by atoms with Crippen molar-refractivity contribution in [2.45, 2.75) is 125 Å². The highest BCUT2D eigenvalue weighted by Gasteiger charge is 2.61. The smallest absolute Gasteiger partial charge is 0.309 e. The van der Waals surface area contributed by atoms with Crippen LogP contribution in [-0.4, -0.2) is 29.7 Å². The fourth-order valence-corrected chi connectivity index (χ4v) is 9.56. The monoisotopic (exact) mass is 515 g/mol. The lowest BCUT2D eigenvalue weighted by molar-refractivity contribution is -0.169. The topological polar surface area (TPSA) is 86.5 Å². The molecule has 5 nitrogen and oxygen atoms in total. The molecule has 5 heteroatoms. The third-order valence-electron chi connectivity index (χ3n) is 12.0. The summed E-state index contributed by atoms with van der Waals surface area (Å²) in [5, 5.41) is 0. The van der Waals surface area contributed by atoms with Crippen molar-refractivity contribution in [2.75, 3.05) is 0 Å². The van der Waals surface area contributed by atoms with Crippen LogP contribution in [0.15, 0.2) is 0 Å². The van der Waals surface area contributed by atoms with Crippen molar-refractivity contribution >= 4 is 17.5 Å². The van der Waals surface area contributed by atoms with Crippen LogP contribution in [0.2, 0.25) is 0 Å². The van der Waals surface area contributed by atoms with Gasteiger partial charge in [-0.3, -0.25) is 14.4 Å². The lowest BCUT2D eigenvalue weighted by Crippen LogP contribution is -2.54. The van der Waals surface area contributed by atoms with Gasteiger partial charge in [-0.2, -0.15) is 0 Å². The van der Waals surface area contributed by atoms with Gasteiger partial charge in [-0.25, -0.2) is 0 Å². The lowest BCUT2D eigenvalue weighted by atomic mass is 9.44. The van der Waals surface area contributed by atoms with Crippen LogP contribution in [0, 0.1) is 58.2 Å². The summed E-state index contributed by atoms with van der Waals surface area (Å²) in [5.41, 5.74) is 6.58. The maximum atomic E-state index is 13.3. The van der Waals surface area contributed by atoms with Crippen molar-refractivity contribution in [2.24, 2.45) is 63.9 Å². The molecule has 0 saturated heterocycles. The molecule has 210 valence electrons. The van der Waals surface area contributed by atoms with Crippen molar-refractivity contribution in [1.82, 2.24) is 0 Å². The summed E-state index contributed by atoms with van der Waals surface area (Å²) in [6.07, 6.45) is 10.3. The molecule has 0 bridgehead atoms. The molecule has 0 aliphatic heterocycles. The third-order valence-corrected chi connectivity index (χ3v) is 12.0. The van der Waals surface area contributed by atoms with E-state index in [0.29, 0.717) is 23.0 Å². The Labute approximate surface area is 225 Å². The van der Waals surface area contributed by atoms with Gasteiger partial charge in [0.2, 0.25) is 0 Å². The summed E-state index contributed by atoms with van der Waals surface area (Å²) >= 11 is 0. The Morgan fingerprint density at radius 2 is 1.51 bits per heavy atom. The second kappa shape index (κ2) is 10.7. The van der Waals surface area contributed by atoms with Crippen LogP contribution < -0.4 is 5.73 Å². The number of hydrogen-bond donors (Lipinski definition) is 1. The number of carbonyl (C=O) groups excluding carboxylic acids is 3. The Hall–Kier alpha value is -1.23. The number of ether oxygens (including phenoxy) is 1. The second-order valence-corrected chi connectivity index (χ2v) is 14.6. The minimum Gasteiger partial charge on any atom is -0.462 e. The SMILES string of the molecule is CC(=O)[C@H]1CC[C@H]2[C@@H]3CC[C@H]4C[C@H](OC(=O)[C@@H](CC(=O)[C@@H](N)C(C)C)C(C)C)CC[C@]4(C)[C@H]3CC[C@]12C. The number of esters is 1. The van der Waals surface area contributed by atoms with Crippen LogP contribution in [0.4, 0.5) is 0 Å². The summed E-state index contributed by atoms with van der Waals surface area (Å²) in [5.74, 6) is 2.84. The molecule has 0 aromatic carbocycles. The Kier molecular flexibility index (Phi) is 8.35. The second-order valence-electron chi connectivity index (χ2n) is 14.6. The van der Waals surface area contributed by atoms with Gasteiger partial charge in [-0.1, -0.05) is 41.5 Å². The Bertz CT molecular complexity index is 882. The van der Waals surface area contributed by atoms with Gasteiger partial charge >= 0.3 is 5.97 Å². The summed E-state index contributed by atoms with van der Waals surface area (Å²) in [6.45, 7) is 14.6. The minimum atomic E-state index is -0.525. The fourth-order valence-electron chi connectivity index (χ4n) is 9.56. The van der Waals surface area contributed by atoms with Gasteiger partial charge in [0.25, 0.3) is 0 Å². The molecule has 0 aromatic heterocycles. The van der Waals surface area contributed by atoms with Crippen molar-refractivity contribution in [1.29, 1.82) is 0 Å². The number of nitrogens with two attached hydrogens (primary N) is 1. The van der Waals surface area contributed by atoms with Crippen LogP contribution in [0.3, 0.4) is 0 Å². The van der Waals surface area contributed by atoms with E-state index in [1.165, 1.54) is 32.1 Å². The first kappa shape index (κ1) is 28.8. The lowest BCUT2D eigenvalue weighted by Gasteiger charge is -2.61. The quantitative estimate of drug-likeness (QED) is 0.380. The van der Waals surface area contributed by atoms with Gasteiger partial charge in [0, 0.05) is 12.3 Å². The van der Waals surface area contributed by atoms with Gasteiger partial charge in [-0.15, -0.1) is 0 Å². The number of ketones is 2. The zero-order valence-electron chi connectivity index (χ0n) is 24.6. The van der Waals surface area contributed by atoms with Crippen molar-refractivity contribution in [3.8, 4) is 0 Å². The molecule has 0 amide bonds. The first-order valence-corrected chi connectivity index (χ1v) is 15.3. The van der Waals surface area contributed by atoms with E-state index in [4.69, 9.17) is 10.5 Å². The summed E-state index contributed by atoms with van der Waals surface area (Å²) in [4.78, 5) is 38.3. The molecule has 4 aliphatic carbocycles. The summed E-state index contributed by atoms with van der Waals surface area (Å²) in [7, 11) is 0. The van der Waals surface area contributed by atoms with Gasteiger partial charge in [0.1, 0.15) is 11.9 Å². The zero-order valence-corrected chi connectivity index (χ0v) is 24.6. The normalized spacial score (nSPS) is 40.9. The standard InChI is InChI=1S/C32H53NO4/c1-18(2)24(17-28(35)29(33)19(3)4)30(36)37-22-12-14-31(6)21(16-22)8-9-23-26-11-10-25(20(5)34)32(26,7)15-13-27(23)31/h18-19,21-27,29H,8-17,33H2,1-7H3/t21-,22+,23-,24-,25+,26-,27-,29-,31-,32+/m0/s1. The molecular formula is C32H53NO4. The predicted octanol–water partition coefficient (Wildman–Crippen LogP) is 6.36. The highest BCUT2D eigenvalue weighted by molar-refractivity contribution is 5.88. The van der Waals surface area contributed by atoms with E-state index >= 15 is 0 Å². The molecule has 37 heavy (non-hydrogen) atoms. The van der Waals surface area contributed by atoms with E-state index in [1.807, 2.05) is 34.6 Å². The zero-order chi connectivity index (χ0) is 27.3. The Balaban J connectivity index is 1.40. The fraction of sp³-hybridized carbons (Fsp3) is 0.906. The predicted molar refractivity (Wildman–Crippen MR) is 147 cm³/mol. The summed E-state index contributed by atoms with van der Waals surface area (Å²) in [6, 6.07) is -0.525. The molecule has 10 atom stereocenters. The average Bonchev–Trinajstić information content (AvgIpc) is 3.19. The van der Waals surface area contributed by atoms with E-state index in [9.17, 15) is 14.4 Å². The van der Waals surface area contributed by atoms with E-state index in [2.05, 4.69) is 13.8 Å². The molecule has 0 spiro atoms. The third kappa shape index (κ3) is 5.20. The molecule has 0 radical (unpaired) electrons. The van der Waals surface area contributed by atoms with Crippen LogP contribution in [-0.2, 0) is 19.1 Å².